The second-order valence-electron chi connectivity index (χ2n) is 13.4. The van der Waals surface area contributed by atoms with Crippen LogP contribution in [0.3, 0.4) is 0 Å². The number of nitriles is 2. The fourth-order valence-corrected chi connectivity index (χ4v) is 7.83. The number of alkyl halides is 6. The zero-order valence-electron chi connectivity index (χ0n) is 28.9. The molecule has 0 bridgehead atoms. The van der Waals surface area contributed by atoms with E-state index in [1.165, 1.54) is 30.3 Å². The maximum Gasteiger partial charge on any atom is 0.418 e. The van der Waals surface area contributed by atoms with Gasteiger partial charge in [-0.1, -0.05) is 72.8 Å². The average Bonchev–Trinajstić information content (AvgIpc) is 3.72. The molecule has 2 aromatic heterocycles. The van der Waals surface area contributed by atoms with E-state index < -0.39 is 23.5 Å². The quantitative estimate of drug-likeness (QED) is 0.168. The Morgan fingerprint density at radius 3 is 1.45 bits per heavy atom. The number of aromatic nitrogens is 2. The maximum absolute atomic E-state index is 15.0. The van der Waals surface area contributed by atoms with Crippen molar-refractivity contribution in [1.82, 2.24) is 9.13 Å². The standard InChI is InChI=1S/C46H24F6N4/c47-45(48,49)37-22-28(26-54)13-17-31(37)35-21-27(25-53)14-18-42(35)55-41-12-6-3-9-34(41)36-23-29(15-19-43(36)55)30-16-20-44(38(24-30)46(50,51)52)56-39-10-4-1-7-32(39)33-8-2-5-11-40(33)56/h1-24H. The van der Waals surface area contributed by atoms with Crippen LogP contribution in [-0.2, 0) is 12.4 Å². The molecule has 0 atom stereocenters. The predicted molar refractivity (Wildman–Crippen MR) is 205 cm³/mol. The highest BCUT2D eigenvalue weighted by molar-refractivity contribution is 6.11. The van der Waals surface area contributed by atoms with Crippen LogP contribution in [0.2, 0.25) is 0 Å². The molecule has 0 aliphatic carbocycles. The minimum Gasteiger partial charge on any atom is -0.309 e. The van der Waals surface area contributed by atoms with Crippen molar-refractivity contribution in [3.05, 3.63) is 168 Å². The van der Waals surface area contributed by atoms with E-state index in [1.807, 2.05) is 48.5 Å². The first-order valence-electron chi connectivity index (χ1n) is 17.4. The average molecular weight is 747 g/mol. The highest BCUT2D eigenvalue weighted by Gasteiger charge is 2.36. The van der Waals surface area contributed by atoms with Gasteiger partial charge in [0, 0.05) is 27.1 Å². The molecule has 0 aliphatic rings. The van der Waals surface area contributed by atoms with Crippen LogP contribution in [0, 0.1) is 22.7 Å². The van der Waals surface area contributed by atoms with Gasteiger partial charge in [0.2, 0.25) is 0 Å². The molecule has 0 N–H and O–H groups in total. The van der Waals surface area contributed by atoms with E-state index in [2.05, 4.69) is 0 Å². The molecule has 10 heteroatoms. The van der Waals surface area contributed by atoms with Gasteiger partial charge in [0.05, 0.1) is 67.8 Å². The number of halogens is 6. The number of hydrogen-bond donors (Lipinski definition) is 0. The molecule has 0 unspecified atom stereocenters. The van der Waals surface area contributed by atoms with E-state index in [0.29, 0.717) is 49.7 Å². The molecule has 0 radical (unpaired) electrons. The molecule has 4 nitrogen and oxygen atoms in total. The Bertz CT molecular complexity index is 3100. The molecule has 9 aromatic rings. The summed E-state index contributed by atoms with van der Waals surface area (Å²) in [6.45, 7) is 0. The van der Waals surface area contributed by atoms with Crippen molar-refractivity contribution in [2.75, 3.05) is 0 Å². The molecular formula is C46H24F6N4. The lowest BCUT2D eigenvalue weighted by Crippen LogP contribution is -2.11. The fourth-order valence-electron chi connectivity index (χ4n) is 7.83. The summed E-state index contributed by atoms with van der Waals surface area (Å²) in [4.78, 5) is 0. The molecule has 270 valence electrons. The summed E-state index contributed by atoms with van der Waals surface area (Å²) in [5.41, 5.74) is 1.70. The van der Waals surface area contributed by atoms with Gasteiger partial charge in [-0.15, -0.1) is 0 Å². The molecule has 0 saturated carbocycles. The molecule has 0 aliphatic heterocycles. The van der Waals surface area contributed by atoms with Crippen molar-refractivity contribution in [3.63, 3.8) is 0 Å². The SMILES string of the molecule is N#Cc1ccc(-n2c3ccccc3c3cc(-c4ccc(-n5c6ccccc6c6ccccc65)c(C(F)(F)F)c4)ccc32)c(-c2ccc(C#N)cc2C(F)(F)F)c1. The van der Waals surface area contributed by atoms with Gasteiger partial charge in [-0.3, -0.25) is 0 Å². The Morgan fingerprint density at radius 2 is 0.857 bits per heavy atom. The van der Waals surface area contributed by atoms with Crippen molar-refractivity contribution in [2.45, 2.75) is 12.4 Å². The van der Waals surface area contributed by atoms with Crippen LogP contribution in [0.15, 0.2) is 146 Å². The van der Waals surface area contributed by atoms with E-state index in [9.17, 15) is 23.7 Å². The third-order valence-corrected chi connectivity index (χ3v) is 10.2. The first kappa shape index (κ1) is 34.5. The summed E-state index contributed by atoms with van der Waals surface area (Å²) in [6, 6.07) is 43.0. The van der Waals surface area contributed by atoms with Gasteiger partial charge in [0.25, 0.3) is 0 Å². The minimum absolute atomic E-state index is 0.00861. The maximum atomic E-state index is 15.0. The molecule has 7 aromatic carbocycles. The number of hydrogen-bond acceptors (Lipinski definition) is 2. The number of benzene rings is 7. The van der Waals surface area contributed by atoms with E-state index >= 15 is 13.2 Å². The van der Waals surface area contributed by atoms with Gasteiger partial charge in [-0.2, -0.15) is 36.9 Å². The van der Waals surface area contributed by atoms with Crippen LogP contribution in [0.1, 0.15) is 22.3 Å². The van der Waals surface area contributed by atoms with Gasteiger partial charge in [-0.25, -0.2) is 0 Å². The van der Waals surface area contributed by atoms with E-state index in [0.717, 1.165) is 22.9 Å². The monoisotopic (exact) mass is 746 g/mol. The zero-order chi connectivity index (χ0) is 38.9. The lowest BCUT2D eigenvalue weighted by Gasteiger charge is -2.19. The van der Waals surface area contributed by atoms with Crippen LogP contribution in [-0.4, -0.2) is 9.13 Å². The first-order valence-corrected chi connectivity index (χ1v) is 17.4. The zero-order valence-corrected chi connectivity index (χ0v) is 28.9. The smallest absolute Gasteiger partial charge is 0.309 e. The molecule has 56 heavy (non-hydrogen) atoms. The lowest BCUT2D eigenvalue weighted by atomic mass is 9.94. The van der Waals surface area contributed by atoms with Crippen LogP contribution in [0.25, 0.3) is 77.2 Å². The van der Waals surface area contributed by atoms with Gasteiger partial charge >= 0.3 is 12.4 Å². The summed E-state index contributed by atoms with van der Waals surface area (Å²) in [5, 5.41) is 22.2. The molecule has 0 saturated heterocycles. The van der Waals surface area contributed by atoms with Crippen LogP contribution < -0.4 is 0 Å². The Hall–Kier alpha value is -7.30. The minimum atomic E-state index is -4.82. The van der Waals surface area contributed by atoms with Crippen LogP contribution >= 0.6 is 0 Å². The van der Waals surface area contributed by atoms with Gasteiger partial charge in [0.15, 0.2) is 0 Å². The summed E-state index contributed by atoms with van der Waals surface area (Å²) >= 11 is 0. The highest BCUT2D eigenvalue weighted by Crippen LogP contribution is 2.44. The number of para-hydroxylation sites is 3. The molecule has 0 fully saturated rings. The number of fused-ring (bicyclic) bond motifs is 6. The Labute approximate surface area is 314 Å². The second-order valence-corrected chi connectivity index (χ2v) is 13.4. The van der Waals surface area contributed by atoms with Gasteiger partial charge < -0.3 is 9.13 Å². The van der Waals surface area contributed by atoms with E-state index in [-0.39, 0.29) is 27.9 Å². The highest BCUT2D eigenvalue weighted by atomic mass is 19.4. The Balaban J connectivity index is 1.25. The Morgan fingerprint density at radius 1 is 0.393 bits per heavy atom. The largest absolute Gasteiger partial charge is 0.418 e. The third kappa shape index (κ3) is 5.46. The van der Waals surface area contributed by atoms with Gasteiger partial charge in [0.1, 0.15) is 0 Å². The topological polar surface area (TPSA) is 57.4 Å². The number of nitrogens with zero attached hydrogens (tertiary/aromatic N) is 4. The van der Waals surface area contributed by atoms with E-state index in [1.54, 1.807) is 75.9 Å². The second kappa shape index (κ2) is 12.6. The van der Waals surface area contributed by atoms with Gasteiger partial charge in [-0.05, 0) is 89.5 Å². The molecular weight excluding hydrogens is 723 g/mol. The normalized spacial score (nSPS) is 12.1. The summed E-state index contributed by atoms with van der Waals surface area (Å²) in [7, 11) is 0. The number of rotatable bonds is 4. The van der Waals surface area contributed by atoms with Crippen molar-refractivity contribution in [3.8, 4) is 45.8 Å². The predicted octanol–water partition coefficient (Wildman–Crippen LogP) is 13.0. The lowest BCUT2D eigenvalue weighted by molar-refractivity contribution is -0.138. The molecule has 2 heterocycles. The summed E-state index contributed by atoms with van der Waals surface area (Å²) in [5.74, 6) is 0. The fraction of sp³-hybridized carbons (Fsp3) is 0.0435. The summed E-state index contributed by atoms with van der Waals surface area (Å²) in [6.07, 6.45) is -9.52. The van der Waals surface area contributed by atoms with Crippen molar-refractivity contribution >= 4 is 43.6 Å². The Kier molecular flexibility index (Phi) is 7.78. The first-order chi connectivity index (χ1) is 27.0. The molecule has 0 amide bonds. The molecule has 0 spiro atoms. The van der Waals surface area contributed by atoms with E-state index in [4.69, 9.17) is 0 Å². The van der Waals surface area contributed by atoms with Crippen LogP contribution in [0.5, 0.6) is 0 Å². The van der Waals surface area contributed by atoms with Crippen LogP contribution in [0.4, 0.5) is 26.3 Å². The van der Waals surface area contributed by atoms with Crippen molar-refractivity contribution in [2.24, 2.45) is 0 Å². The third-order valence-electron chi connectivity index (χ3n) is 10.2. The van der Waals surface area contributed by atoms with Crippen molar-refractivity contribution < 1.29 is 26.3 Å². The van der Waals surface area contributed by atoms with Crippen molar-refractivity contribution in [1.29, 1.82) is 10.5 Å². The molecule has 9 rings (SSSR count). The summed E-state index contributed by atoms with van der Waals surface area (Å²) < 4.78 is 92.1.